The van der Waals surface area contributed by atoms with Crippen LogP contribution in [0.1, 0.15) is 19.4 Å². The summed E-state index contributed by atoms with van der Waals surface area (Å²) in [5, 5.41) is 2.91. The average molecular weight is 285 g/mol. The molecule has 1 N–H and O–H groups in total. The highest BCUT2D eigenvalue weighted by Gasteiger charge is 2.10. The first-order chi connectivity index (χ1) is 7.58. The van der Waals surface area contributed by atoms with Gasteiger partial charge in [-0.25, -0.2) is 4.79 Å². The van der Waals surface area contributed by atoms with Crippen LogP contribution < -0.4 is 5.32 Å². The van der Waals surface area contributed by atoms with Crippen LogP contribution in [0.25, 0.3) is 0 Å². The number of halogens is 1. The molecule has 3 nitrogen and oxygen atoms in total. The van der Waals surface area contributed by atoms with E-state index >= 15 is 0 Å². The summed E-state index contributed by atoms with van der Waals surface area (Å²) in [7, 11) is 0. The number of carbonyl (C=O) groups is 1. The molecule has 1 aromatic rings. The van der Waals surface area contributed by atoms with Gasteiger partial charge in [0.1, 0.15) is 0 Å². The molecule has 4 heteroatoms. The van der Waals surface area contributed by atoms with Crippen molar-refractivity contribution in [2.75, 3.05) is 18.4 Å². The lowest BCUT2D eigenvalue weighted by molar-refractivity contribution is 0.217. The van der Waals surface area contributed by atoms with Crippen molar-refractivity contribution in [3.63, 3.8) is 0 Å². The number of urea groups is 1. The van der Waals surface area contributed by atoms with Crippen molar-refractivity contribution in [2.45, 2.75) is 20.8 Å². The molecular weight excluding hydrogens is 268 g/mol. The summed E-state index contributed by atoms with van der Waals surface area (Å²) >= 11 is 3.39. The SMILES string of the molecule is CCN(CC)C(=O)Nc1cc(Br)ccc1C. The van der Waals surface area contributed by atoms with Crippen LogP contribution in [0.4, 0.5) is 10.5 Å². The number of amides is 2. The second-order valence-corrected chi connectivity index (χ2v) is 4.48. The van der Waals surface area contributed by atoms with Crippen LogP contribution in [-0.4, -0.2) is 24.0 Å². The van der Waals surface area contributed by atoms with Gasteiger partial charge in [0.2, 0.25) is 0 Å². The highest BCUT2D eigenvalue weighted by Crippen LogP contribution is 2.20. The lowest BCUT2D eigenvalue weighted by atomic mass is 10.2. The van der Waals surface area contributed by atoms with Crippen LogP contribution in [0, 0.1) is 6.92 Å². The molecule has 1 rings (SSSR count). The normalized spacial score (nSPS) is 10.0. The number of rotatable bonds is 3. The first-order valence-corrected chi connectivity index (χ1v) is 6.19. The summed E-state index contributed by atoms with van der Waals surface area (Å²) < 4.78 is 0.966. The van der Waals surface area contributed by atoms with E-state index in [0.29, 0.717) is 0 Å². The second-order valence-electron chi connectivity index (χ2n) is 3.56. The fourth-order valence-electron chi connectivity index (χ4n) is 1.43. The number of hydrogen-bond acceptors (Lipinski definition) is 1. The zero-order valence-electron chi connectivity index (χ0n) is 9.88. The number of aryl methyl sites for hydroxylation is 1. The molecule has 0 heterocycles. The van der Waals surface area contributed by atoms with Crippen molar-refractivity contribution in [3.05, 3.63) is 28.2 Å². The smallest absolute Gasteiger partial charge is 0.321 e. The van der Waals surface area contributed by atoms with E-state index < -0.39 is 0 Å². The molecule has 0 bridgehead atoms. The number of benzene rings is 1. The monoisotopic (exact) mass is 284 g/mol. The van der Waals surface area contributed by atoms with Gasteiger partial charge in [0.05, 0.1) is 0 Å². The number of nitrogens with one attached hydrogen (secondary N) is 1. The molecule has 0 spiro atoms. The summed E-state index contributed by atoms with van der Waals surface area (Å²) in [5.41, 5.74) is 1.91. The van der Waals surface area contributed by atoms with Crippen LogP contribution >= 0.6 is 15.9 Å². The van der Waals surface area contributed by atoms with E-state index in [1.54, 1.807) is 4.90 Å². The van der Waals surface area contributed by atoms with Crippen molar-refractivity contribution in [1.29, 1.82) is 0 Å². The summed E-state index contributed by atoms with van der Waals surface area (Å²) in [5.74, 6) is 0. The Kier molecular flexibility index (Phi) is 4.80. The van der Waals surface area contributed by atoms with Crippen molar-refractivity contribution in [1.82, 2.24) is 4.90 Å². The Labute approximate surface area is 105 Å². The van der Waals surface area contributed by atoms with Crippen LogP contribution in [0.15, 0.2) is 22.7 Å². The molecule has 0 saturated heterocycles. The Balaban J connectivity index is 2.80. The van der Waals surface area contributed by atoms with Gasteiger partial charge in [-0.15, -0.1) is 0 Å². The highest BCUT2D eigenvalue weighted by atomic mass is 79.9. The Morgan fingerprint density at radius 2 is 2.00 bits per heavy atom. The number of nitrogens with zero attached hydrogens (tertiary/aromatic N) is 1. The maximum absolute atomic E-state index is 11.8. The molecule has 2 amide bonds. The maximum atomic E-state index is 11.8. The fourth-order valence-corrected chi connectivity index (χ4v) is 1.80. The largest absolute Gasteiger partial charge is 0.325 e. The Morgan fingerprint density at radius 3 is 2.56 bits per heavy atom. The predicted molar refractivity (Wildman–Crippen MR) is 70.8 cm³/mol. The third kappa shape index (κ3) is 3.23. The first-order valence-electron chi connectivity index (χ1n) is 5.40. The lowest BCUT2D eigenvalue weighted by Gasteiger charge is -2.20. The maximum Gasteiger partial charge on any atom is 0.321 e. The Hall–Kier alpha value is -1.03. The molecule has 0 aliphatic carbocycles. The van der Waals surface area contributed by atoms with Gasteiger partial charge in [0, 0.05) is 23.2 Å². The Bertz CT molecular complexity index is 375. The molecule has 88 valence electrons. The molecular formula is C12H17BrN2O. The van der Waals surface area contributed by atoms with Gasteiger partial charge in [-0.3, -0.25) is 0 Å². The van der Waals surface area contributed by atoms with Gasteiger partial charge in [-0.05, 0) is 38.5 Å². The summed E-state index contributed by atoms with van der Waals surface area (Å²) in [6.07, 6.45) is 0. The second kappa shape index (κ2) is 5.89. The first kappa shape index (κ1) is 13.0. The molecule has 0 aliphatic heterocycles. The third-order valence-corrected chi connectivity index (χ3v) is 2.99. The fraction of sp³-hybridized carbons (Fsp3) is 0.417. The van der Waals surface area contributed by atoms with Crippen LogP contribution in [0.5, 0.6) is 0 Å². The molecule has 0 aromatic heterocycles. The Morgan fingerprint density at radius 1 is 1.38 bits per heavy atom. The van der Waals surface area contributed by atoms with E-state index in [4.69, 9.17) is 0 Å². The zero-order valence-corrected chi connectivity index (χ0v) is 11.5. The predicted octanol–water partition coefficient (Wildman–Crippen LogP) is 3.63. The van der Waals surface area contributed by atoms with Crippen LogP contribution in [0.2, 0.25) is 0 Å². The van der Waals surface area contributed by atoms with Gasteiger partial charge < -0.3 is 10.2 Å². The highest BCUT2D eigenvalue weighted by molar-refractivity contribution is 9.10. The number of hydrogen-bond donors (Lipinski definition) is 1. The van der Waals surface area contributed by atoms with Gasteiger partial charge in [0.15, 0.2) is 0 Å². The van der Waals surface area contributed by atoms with Crippen LogP contribution in [-0.2, 0) is 0 Å². The third-order valence-electron chi connectivity index (χ3n) is 2.49. The van der Waals surface area contributed by atoms with E-state index in [9.17, 15) is 4.79 Å². The number of anilines is 1. The summed E-state index contributed by atoms with van der Waals surface area (Å²) in [6, 6.07) is 5.80. The average Bonchev–Trinajstić information content (AvgIpc) is 2.25. The standard InChI is InChI=1S/C12H17BrN2O/c1-4-15(5-2)12(16)14-11-8-10(13)7-6-9(11)3/h6-8H,4-5H2,1-3H3,(H,14,16). The van der Waals surface area contributed by atoms with E-state index in [0.717, 1.165) is 28.8 Å². The van der Waals surface area contributed by atoms with Crippen LogP contribution in [0.3, 0.4) is 0 Å². The summed E-state index contributed by atoms with van der Waals surface area (Å²) in [6.45, 7) is 7.35. The molecule has 0 unspecified atom stereocenters. The quantitative estimate of drug-likeness (QED) is 0.903. The minimum Gasteiger partial charge on any atom is -0.325 e. The van der Waals surface area contributed by atoms with Gasteiger partial charge in [-0.1, -0.05) is 22.0 Å². The van der Waals surface area contributed by atoms with E-state index in [2.05, 4.69) is 21.2 Å². The van der Waals surface area contributed by atoms with Crippen molar-refractivity contribution in [2.24, 2.45) is 0 Å². The zero-order chi connectivity index (χ0) is 12.1. The van der Waals surface area contributed by atoms with Crippen molar-refractivity contribution < 1.29 is 4.79 Å². The van der Waals surface area contributed by atoms with E-state index in [1.807, 2.05) is 39.0 Å². The van der Waals surface area contributed by atoms with E-state index in [-0.39, 0.29) is 6.03 Å². The van der Waals surface area contributed by atoms with Gasteiger partial charge in [-0.2, -0.15) is 0 Å². The van der Waals surface area contributed by atoms with Gasteiger partial charge >= 0.3 is 6.03 Å². The molecule has 0 radical (unpaired) electrons. The van der Waals surface area contributed by atoms with Gasteiger partial charge in [0.25, 0.3) is 0 Å². The lowest BCUT2D eigenvalue weighted by Crippen LogP contribution is -2.34. The molecule has 0 saturated carbocycles. The molecule has 16 heavy (non-hydrogen) atoms. The number of carbonyl (C=O) groups excluding carboxylic acids is 1. The minimum atomic E-state index is -0.0498. The van der Waals surface area contributed by atoms with Crippen molar-refractivity contribution in [3.8, 4) is 0 Å². The molecule has 0 atom stereocenters. The minimum absolute atomic E-state index is 0.0498. The summed E-state index contributed by atoms with van der Waals surface area (Å²) in [4.78, 5) is 13.6. The molecule has 0 aliphatic rings. The van der Waals surface area contributed by atoms with E-state index in [1.165, 1.54) is 0 Å². The van der Waals surface area contributed by atoms with Crippen molar-refractivity contribution >= 4 is 27.6 Å². The topological polar surface area (TPSA) is 32.3 Å². The molecule has 1 aromatic carbocycles. The molecule has 0 fully saturated rings.